The molecule has 19 heavy (non-hydrogen) atoms. The van der Waals surface area contributed by atoms with E-state index in [0.717, 1.165) is 34.9 Å². The van der Waals surface area contributed by atoms with E-state index in [1.54, 1.807) is 6.20 Å². The number of aliphatic carboxylic acids is 1. The Hall–Kier alpha value is -1.90. The lowest BCUT2D eigenvalue weighted by atomic mass is 9.94. The molecule has 0 aliphatic carbocycles. The van der Waals surface area contributed by atoms with Gasteiger partial charge in [-0.05, 0) is 29.4 Å². The van der Waals surface area contributed by atoms with Gasteiger partial charge in [0, 0.05) is 11.6 Å². The third-order valence-corrected chi connectivity index (χ3v) is 3.46. The van der Waals surface area contributed by atoms with Gasteiger partial charge in [-0.1, -0.05) is 38.5 Å². The van der Waals surface area contributed by atoms with Crippen molar-refractivity contribution in [2.24, 2.45) is 0 Å². The van der Waals surface area contributed by atoms with Crippen molar-refractivity contribution in [3.05, 3.63) is 41.7 Å². The van der Waals surface area contributed by atoms with Crippen molar-refractivity contribution in [2.75, 3.05) is 0 Å². The highest BCUT2D eigenvalue weighted by molar-refractivity contribution is 5.90. The summed E-state index contributed by atoms with van der Waals surface area (Å²) in [5, 5.41) is 11.1. The molecule has 1 heterocycles. The van der Waals surface area contributed by atoms with Crippen molar-refractivity contribution in [3.63, 3.8) is 0 Å². The predicted octanol–water partition coefficient (Wildman–Crippen LogP) is 3.77. The van der Waals surface area contributed by atoms with E-state index in [1.165, 1.54) is 0 Å². The molecular weight excluding hydrogens is 238 g/mol. The third kappa shape index (κ3) is 2.92. The average molecular weight is 257 g/mol. The highest BCUT2D eigenvalue weighted by atomic mass is 16.4. The minimum absolute atomic E-state index is 0.0585. The zero-order valence-electron chi connectivity index (χ0n) is 11.4. The molecule has 1 unspecified atom stereocenters. The van der Waals surface area contributed by atoms with Crippen LogP contribution in [0.15, 0.2) is 30.5 Å². The van der Waals surface area contributed by atoms with Gasteiger partial charge in [-0.25, -0.2) is 0 Å². The van der Waals surface area contributed by atoms with Crippen molar-refractivity contribution < 1.29 is 9.90 Å². The number of aromatic nitrogens is 1. The number of carbonyl (C=O) groups is 1. The van der Waals surface area contributed by atoms with Crippen LogP contribution in [0.1, 0.15) is 43.9 Å². The summed E-state index contributed by atoms with van der Waals surface area (Å²) in [4.78, 5) is 15.4. The highest BCUT2D eigenvalue weighted by Gasteiger charge is 2.12. The summed E-state index contributed by atoms with van der Waals surface area (Å²) in [6, 6.07) is 7.75. The van der Waals surface area contributed by atoms with E-state index in [9.17, 15) is 4.79 Å². The monoisotopic (exact) mass is 257 g/mol. The van der Waals surface area contributed by atoms with Crippen molar-refractivity contribution in [3.8, 4) is 0 Å². The summed E-state index contributed by atoms with van der Waals surface area (Å²) in [6.07, 6.45) is 4.06. The Labute approximate surface area is 113 Å². The number of fused-ring (bicyclic) bond motifs is 1. The van der Waals surface area contributed by atoms with E-state index in [-0.39, 0.29) is 6.42 Å². The SMILES string of the molecule is CCCC(C)c1nccc2c(CC(=O)O)cccc12. The number of carboxylic acid groups (broad SMARTS) is 1. The van der Waals surface area contributed by atoms with Crippen molar-refractivity contribution in [1.82, 2.24) is 4.98 Å². The molecule has 100 valence electrons. The Kier molecular flexibility index (Phi) is 4.15. The minimum atomic E-state index is -0.799. The van der Waals surface area contributed by atoms with Crippen LogP contribution in [-0.2, 0) is 11.2 Å². The van der Waals surface area contributed by atoms with Crippen LogP contribution in [-0.4, -0.2) is 16.1 Å². The van der Waals surface area contributed by atoms with Gasteiger partial charge in [0.2, 0.25) is 0 Å². The maximum Gasteiger partial charge on any atom is 0.307 e. The van der Waals surface area contributed by atoms with E-state index < -0.39 is 5.97 Å². The summed E-state index contributed by atoms with van der Waals surface area (Å²) in [7, 11) is 0. The lowest BCUT2D eigenvalue weighted by molar-refractivity contribution is -0.136. The van der Waals surface area contributed by atoms with Crippen LogP contribution in [0.5, 0.6) is 0 Å². The number of hydrogen-bond acceptors (Lipinski definition) is 2. The summed E-state index contributed by atoms with van der Waals surface area (Å²) >= 11 is 0. The molecule has 0 saturated heterocycles. The van der Waals surface area contributed by atoms with Crippen LogP contribution in [0.4, 0.5) is 0 Å². The molecule has 0 bridgehead atoms. The lowest BCUT2D eigenvalue weighted by Gasteiger charge is -2.14. The Bertz CT molecular complexity index is 592. The third-order valence-electron chi connectivity index (χ3n) is 3.46. The van der Waals surface area contributed by atoms with Crippen molar-refractivity contribution >= 4 is 16.7 Å². The quantitative estimate of drug-likeness (QED) is 0.887. The van der Waals surface area contributed by atoms with Gasteiger partial charge in [0.25, 0.3) is 0 Å². The second-order valence-electron chi connectivity index (χ2n) is 4.97. The van der Waals surface area contributed by atoms with E-state index in [0.29, 0.717) is 5.92 Å². The first-order chi connectivity index (χ1) is 9.13. The van der Waals surface area contributed by atoms with Crippen LogP contribution in [0.3, 0.4) is 0 Å². The van der Waals surface area contributed by atoms with Crippen molar-refractivity contribution in [1.29, 1.82) is 0 Å². The van der Waals surface area contributed by atoms with Crippen LogP contribution in [0, 0.1) is 0 Å². The molecule has 2 rings (SSSR count). The van der Waals surface area contributed by atoms with Crippen molar-refractivity contribution in [2.45, 2.75) is 39.0 Å². The highest BCUT2D eigenvalue weighted by Crippen LogP contribution is 2.28. The van der Waals surface area contributed by atoms with Crippen LogP contribution in [0.2, 0.25) is 0 Å². The number of carboxylic acids is 1. The van der Waals surface area contributed by atoms with Gasteiger partial charge in [-0.2, -0.15) is 0 Å². The number of hydrogen-bond donors (Lipinski definition) is 1. The van der Waals surface area contributed by atoms with E-state index >= 15 is 0 Å². The molecular formula is C16H19NO2. The van der Waals surface area contributed by atoms with E-state index in [1.807, 2.05) is 24.3 Å². The number of benzene rings is 1. The number of nitrogens with zero attached hydrogens (tertiary/aromatic N) is 1. The molecule has 1 aromatic heterocycles. The molecule has 0 fully saturated rings. The van der Waals surface area contributed by atoms with Gasteiger partial charge < -0.3 is 5.11 Å². The first-order valence-electron chi connectivity index (χ1n) is 6.71. The van der Waals surface area contributed by atoms with Gasteiger partial charge in [0.1, 0.15) is 0 Å². The van der Waals surface area contributed by atoms with Gasteiger partial charge in [-0.3, -0.25) is 9.78 Å². The van der Waals surface area contributed by atoms with Gasteiger partial charge in [0.15, 0.2) is 0 Å². The molecule has 1 N–H and O–H groups in total. The molecule has 0 aliphatic heterocycles. The topological polar surface area (TPSA) is 50.2 Å². The number of pyridine rings is 1. The zero-order valence-corrected chi connectivity index (χ0v) is 11.4. The second kappa shape index (κ2) is 5.83. The molecule has 0 aliphatic rings. The fraction of sp³-hybridized carbons (Fsp3) is 0.375. The molecule has 0 radical (unpaired) electrons. The zero-order chi connectivity index (χ0) is 13.8. The molecule has 3 nitrogen and oxygen atoms in total. The normalized spacial score (nSPS) is 12.5. The maximum absolute atomic E-state index is 10.9. The molecule has 0 amide bonds. The average Bonchev–Trinajstić information content (AvgIpc) is 2.38. The summed E-state index contributed by atoms with van der Waals surface area (Å²) in [6.45, 7) is 4.34. The van der Waals surface area contributed by atoms with Crippen LogP contribution >= 0.6 is 0 Å². The molecule has 0 saturated carbocycles. The Balaban J connectivity index is 2.54. The van der Waals surface area contributed by atoms with E-state index in [2.05, 4.69) is 18.8 Å². The first kappa shape index (κ1) is 13.5. The molecule has 0 spiro atoms. The Morgan fingerprint density at radius 1 is 1.32 bits per heavy atom. The standard InChI is InChI=1S/C16H19NO2/c1-3-5-11(2)16-14-7-4-6-12(10-15(18)19)13(14)8-9-17-16/h4,6-9,11H,3,5,10H2,1-2H3,(H,18,19). The largest absolute Gasteiger partial charge is 0.481 e. The summed E-state index contributed by atoms with van der Waals surface area (Å²) in [5.41, 5.74) is 1.93. The lowest BCUT2D eigenvalue weighted by Crippen LogP contribution is -2.03. The summed E-state index contributed by atoms with van der Waals surface area (Å²) < 4.78 is 0. The van der Waals surface area contributed by atoms with Gasteiger partial charge in [-0.15, -0.1) is 0 Å². The maximum atomic E-state index is 10.9. The molecule has 1 atom stereocenters. The van der Waals surface area contributed by atoms with Gasteiger partial charge in [0.05, 0.1) is 12.1 Å². The smallest absolute Gasteiger partial charge is 0.307 e. The van der Waals surface area contributed by atoms with Crippen LogP contribution in [0.25, 0.3) is 10.8 Å². The molecule has 1 aromatic carbocycles. The second-order valence-corrected chi connectivity index (χ2v) is 4.97. The van der Waals surface area contributed by atoms with E-state index in [4.69, 9.17) is 5.11 Å². The minimum Gasteiger partial charge on any atom is -0.481 e. The fourth-order valence-corrected chi connectivity index (χ4v) is 2.57. The predicted molar refractivity (Wildman–Crippen MR) is 76.4 cm³/mol. The first-order valence-corrected chi connectivity index (χ1v) is 6.71. The molecule has 3 heteroatoms. The molecule has 2 aromatic rings. The van der Waals surface area contributed by atoms with Crippen LogP contribution < -0.4 is 0 Å². The Morgan fingerprint density at radius 2 is 2.11 bits per heavy atom. The van der Waals surface area contributed by atoms with Gasteiger partial charge >= 0.3 is 5.97 Å². The number of rotatable bonds is 5. The summed E-state index contributed by atoms with van der Waals surface area (Å²) in [5.74, 6) is -0.402. The fourth-order valence-electron chi connectivity index (χ4n) is 2.57. The Morgan fingerprint density at radius 3 is 2.79 bits per heavy atom.